The molecule has 1 amide bonds. The second-order valence-corrected chi connectivity index (χ2v) is 17.6. The number of methoxy groups -OCH3 is 3. The maximum atomic E-state index is 16.2. The van der Waals surface area contributed by atoms with Crippen LogP contribution in [0.1, 0.15) is 112 Å². The Balaban J connectivity index is 1.74. The van der Waals surface area contributed by atoms with Crippen LogP contribution in [0, 0.1) is 29.6 Å². The highest BCUT2D eigenvalue weighted by Crippen LogP contribution is 2.39. The van der Waals surface area contributed by atoms with Crippen molar-refractivity contribution in [2.75, 3.05) is 34.5 Å². The molecule has 4 rings (SSSR count). The molecule has 2 saturated heterocycles. The predicted molar refractivity (Wildman–Crippen MR) is 221 cm³/mol. The topological polar surface area (TPSA) is 147 Å². The summed E-state index contributed by atoms with van der Waals surface area (Å²) in [5, 5.41) is 12.0. The van der Waals surface area contributed by atoms with Crippen molar-refractivity contribution in [2.24, 2.45) is 29.6 Å². The number of Topliss-reactive ketones (excluding diaryl/α,β-unsaturated/α-hetero) is 2. The van der Waals surface area contributed by atoms with E-state index in [0.29, 0.717) is 44.3 Å². The van der Waals surface area contributed by atoms with Gasteiger partial charge < -0.3 is 38.4 Å². The van der Waals surface area contributed by atoms with Crippen molar-refractivity contribution >= 4 is 23.4 Å². The first-order valence-electron chi connectivity index (χ1n) is 21.8. The van der Waals surface area contributed by atoms with E-state index in [9.17, 15) is 24.3 Å². The normalized spacial score (nSPS) is 39.1. The van der Waals surface area contributed by atoms with E-state index in [1.54, 1.807) is 40.0 Å². The number of hydrogen-bond donors (Lipinski definition) is 1. The van der Waals surface area contributed by atoms with Gasteiger partial charge in [0, 0.05) is 46.1 Å². The molecule has 1 N–H and O–H groups in total. The number of ether oxygens (including phenoxy) is 6. The van der Waals surface area contributed by atoms with Crippen LogP contribution in [0.5, 0.6) is 0 Å². The number of rotatable bonds is 9. The first-order valence-corrected chi connectivity index (χ1v) is 21.8. The van der Waals surface area contributed by atoms with Gasteiger partial charge in [-0.15, -0.1) is 6.58 Å². The number of alkyl halides is 1. The zero-order valence-electron chi connectivity index (χ0n) is 37.0. The monoisotopic (exact) mass is 834 g/mol. The fourth-order valence-electron chi connectivity index (χ4n) is 9.66. The van der Waals surface area contributed by atoms with Crippen molar-refractivity contribution in [3.8, 4) is 0 Å². The second-order valence-electron chi connectivity index (χ2n) is 17.6. The maximum Gasteiger partial charge on any atom is 0.329 e. The number of esters is 1. The molecule has 0 radical (unpaired) electrons. The number of ketones is 2. The lowest BCUT2D eigenvalue weighted by Crippen LogP contribution is -2.64. The minimum absolute atomic E-state index is 0.0267. The Bertz CT molecular complexity index is 1520. The van der Waals surface area contributed by atoms with E-state index >= 15 is 4.39 Å². The Morgan fingerprint density at radius 3 is 2.27 bits per heavy atom. The third-order valence-electron chi connectivity index (χ3n) is 13.4. The van der Waals surface area contributed by atoms with E-state index < -0.39 is 77.8 Å². The van der Waals surface area contributed by atoms with Crippen molar-refractivity contribution in [3.63, 3.8) is 0 Å². The molecule has 3 fully saturated rings. The van der Waals surface area contributed by atoms with Gasteiger partial charge >= 0.3 is 5.97 Å². The molecule has 4 aliphatic rings. The predicted octanol–water partition coefficient (Wildman–Crippen LogP) is 6.66. The molecule has 1 saturated carbocycles. The van der Waals surface area contributed by atoms with Crippen molar-refractivity contribution in [2.45, 2.75) is 167 Å². The average molecular weight is 834 g/mol. The summed E-state index contributed by atoms with van der Waals surface area (Å²) in [5.41, 5.74) is 1.24. The van der Waals surface area contributed by atoms with Crippen LogP contribution in [0.4, 0.5) is 4.39 Å². The summed E-state index contributed by atoms with van der Waals surface area (Å²) in [4.78, 5) is 57.9. The Kier molecular flexibility index (Phi) is 18.5. The minimum Gasteiger partial charge on any atom is -0.456 e. The Hall–Kier alpha value is -2.81. The van der Waals surface area contributed by atoms with Gasteiger partial charge in [0.1, 0.15) is 30.2 Å². The number of carbonyl (C=O) groups is 4. The molecule has 3 aliphatic heterocycles. The second kappa shape index (κ2) is 22.3. The summed E-state index contributed by atoms with van der Waals surface area (Å²) in [5.74, 6) is -7.65. The van der Waals surface area contributed by atoms with E-state index in [2.05, 4.69) is 12.7 Å². The Morgan fingerprint density at radius 2 is 1.63 bits per heavy atom. The molecule has 0 spiro atoms. The van der Waals surface area contributed by atoms with Crippen LogP contribution in [-0.2, 0) is 47.6 Å². The number of fused-ring (bicyclic) bond motifs is 3. The number of halogens is 1. The van der Waals surface area contributed by atoms with Gasteiger partial charge in [0.2, 0.25) is 5.79 Å². The van der Waals surface area contributed by atoms with Crippen molar-refractivity contribution in [3.05, 3.63) is 36.0 Å². The Labute approximate surface area is 351 Å². The van der Waals surface area contributed by atoms with Crippen molar-refractivity contribution in [1.29, 1.82) is 0 Å². The molecule has 13 heteroatoms. The molecular formula is C46H72FNO11. The van der Waals surface area contributed by atoms with Crippen LogP contribution >= 0.6 is 0 Å². The molecule has 0 aromatic heterocycles. The van der Waals surface area contributed by atoms with E-state index in [1.165, 1.54) is 19.1 Å². The van der Waals surface area contributed by atoms with E-state index in [4.69, 9.17) is 28.4 Å². The van der Waals surface area contributed by atoms with Gasteiger partial charge in [0.15, 0.2) is 0 Å². The third kappa shape index (κ3) is 11.8. The fourth-order valence-corrected chi connectivity index (χ4v) is 9.66. The summed E-state index contributed by atoms with van der Waals surface area (Å²) in [6, 6.07) is -1.08. The summed E-state index contributed by atoms with van der Waals surface area (Å²) in [6.07, 6.45) is 5.82. The summed E-state index contributed by atoms with van der Waals surface area (Å²) in [6.45, 7) is 15.1. The lowest BCUT2D eigenvalue weighted by molar-refractivity contribution is -0.302. The number of piperidine rings is 1. The van der Waals surface area contributed by atoms with Gasteiger partial charge in [0.25, 0.3) is 11.7 Å². The Morgan fingerprint density at radius 1 is 0.949 bits per heavy atom. The molecular weight excluding hydrogens is 761 g/mol. The summed E-state index contributed by atoms with van der Waals surface area (Å²) in [7, 11) is 4.60. The molecule has 14 unspecified atom stereocenters. The number of cyclic esters (lactones) is 1. The van der Waals surface area contributed by atoms with E-state index in [0.717, 1.165) is 18.4 Å². The lowest BCUT2D eigenvalue weighted by atomic mass is 9.81. The number of hydrogen-bond acceptors (Lipinski definition) is 11. The maximum absolute atomic E-state index is 16.2. The van der Waals surface area contributed by atoms with Gasteiger partial charge in [-0.2, -0.15) is 0 Å². The van der Waals surface area contributed by atoms with Gasteiger partial charge in [-0.3, -0.25) is 14.4 Å². The minimum atomic E-state index is -2.56. The van der Waals surface area contributed by atoms with Gasteiger partial charge in [0.05, 0.1) is 31.0 Å². The van der Waals surface area contributed by atoms with Crippen LogP contribution < -0.4 is 0 Å². The largest absolute Gasteiger partial charge is 0.456 e. The number of carbonyl (C=O) groups excluding carboxylic acids is 4. The molecule has 2 bridgehead atoms. The zero-order chi connectivity index (χ0) is 43.6. The van der Waals surface area contributed by atoms with Crippen LogP contribution in [0.15, 0.2) is 36.0 Å². The van der Waals surface area contributed by atoms with Gasteiger partial charge in [-0.05, 0) is 107 Å². The molecule has 0 aromatic carbocycles. The lowest BCUT2D eigenvalue weighted by Gasteiger charge is -2.47. The molecule has 12 nitrogen and oxygen atoms in total. The molecule has 59 heavy (non-hydrogen) atoms. The smallest absolute Gasteiger partial charge is 0.329 e. The summed E-state index contributed by atoms with van der Waals surface area (Å²) >= 11 is 0. The molecule has 3 heterocycles. The van der Waals surface area contributed by atoms with Gasteiger partial charge in [-0.25, -0.2) is 9.18 Å². The van der Waals surface area contributed by atoms with Gasteiger partial charge in [-0.1, -0.05) is 45.9 Å². The van der Waals surface area contributed by atoms with Crippen LogP contribution in [0.25, 0.3) is 0 Å². The number of aliphatic hydroxyl groups is 1. The number of allylic oxidation sites excluding steroid dienone is 3. The van der Waals surface area contributed by atoms with Crippen molar-refractivity contribution in [1.82, 2.24) is 4.90 Å². The zero-order valence-corrected chi connectivity index (χ0v) is 37.0. The van der Waals surface area contributed by atoms with Crippen LogP contribution in [-0.4, -0.2) is 123 Å². The average Bonchev–Trinajstić information content (AvgIpc) is 3.24. The standard InChI is InChI=1S/C46H72FNO11/c1-11-21-57-36-19-17-32(26-37(36)54-8)22-30(6)41-27(3)16-18-35(49)33(12-2)23-28(4)40(47)29(5)24-38(55-9)42-39(56-10)25-31(7)46(53,59-42)43(50)44(51)48-20-14-13-15-34(48)45(52)58-41/h11,22-23,27,29,31-34,36-42,53H,1,12-21,24-26H2,2-10H3. The fraction of sp³-hybridized carbons (Fsp3) is 0.783. The van der Waals surface area contributed by atoms with Crippen molar-refractivity contribution < 1.29 is 57.1 Å². The highest BCUT2D eigenvalue weighted by molar-refractivity contribution is 6.39. The SMILES string of the molecule is C=CCOC1CCC(C=C(C)C2OC(=O)C3CCCCN3C(=O)C(=O)C3(O)OC(C(OC)CC(C)C(F)C(C)=CC(CC)C(=O)CCC2C)C(OC)CC3C)CC1OC. The first kappa shape index (κ1) is 48.9. The quantitative estimate of drug-likeness (QED) is 0.151. The van der Waals surface area contributed by atoms with E-state index in [1.807, 2.05) is 20.8 Å². The van der Waals surface area contributed by atoms with E-state index in [-0.39, 0.29) is 62.1 Å². The number of amides is 1. The first-order chi connectivity index (χ1) is 28.0. The molecule has 334 valence electrons. The number of nitrogens with zero attached hydrogens (tertiary/aromatic N) is 1. The molecule has 14 atom stereocenters. The highest BCUT2D eigenvalue weighted by atomic mass is 19.1. The highest BCUT2D eigenvalue weighted by Gasteiger charge is 2.56. The van der Waals surface area contributed by atoms with Crippen LogP contribution in [0.3, 0.4) is 0 Å². The summed E-state index contributed by atoms with van der Waals surface area (Å²) < 4.78 is 52.2. The molecule has 0 aromatic rings. The molecule has 1 aliphatic carbocycles. The third-order valence-corrected chi connectivity index (χ3v) is 13.4. The van der Waals surface area contributed by atoms with Crippen LogP contribution in [0.2, 0.25) is 0 Å².